The number of amides is 3. The molecule has 1 aliphatic heterocycles. The lowest BCUT2D eigenvalue weighted by atomic mass is 9.93. The zero-order valence-corrected chi connectivity index (χ0v) is 15.2. The van der Waals surface area contributed by atoms with Crippen molar-refractivity contribution in [1.29, 1.82) is 0 Å². The summed E-state index contributed by atoms with van der Waals surface area (Å²) in [4.78, 5) is 26.5. The average molecular weight is 347 g/mol. The summed E-state index contributed by atoms with van der Waals surface area (Å²) in [6.07, 6.45) is 2.46. The van der Waals surface area contributed by atoms with Gasteiger partial charge in [0, 0.05) is 32.8 Å². The smallest absolute Gasteiger partial charge is 0.317 e. The Morgan fingerprint density at radius 3 is 2.64 bits per heavy atom. The molecule has 1 aromatic carbocycles. The second kappa shape index (κ2) is 10.0. The third-order valence-electron chi connectivity index (χ3n) is 4.65. The molecule has 2 N–H and O–H groups in total. The molecule has 0 radical (unpaired) electrons. The molecule has 1 fully saturated rings. The third kappa shape index (κ3) is 6.05. The van der Waals surface area contributed by atoms with E-state index in [1.165, 1.54) is 5.56 Å². The van der Waals surface area contributed by atoms with Crippen LogP contribution in [0.4, 0.5) is 4.79 Å². The highest BCUT2D eigenvalue weighted by molar-refractivity contribution is 5.81. The van der Waals surface area contributed by atoms with Crippen LogP contribution in [0.5, 0.6) is 0 Å². The second-order valence-corrected chi connectivity index (χ2v) is 6.53. The quantitative estimate of drug-likeness (QED) is 0.739. The van der Waals surface area contributed by atoms with Crippen LogP contribution in [-0.4, -0.2) is 56.2 Å². The molecule has 1 heterocycles. The minimum atomic E-state index is -0.145. The standard InChI is InChI=1S/C19H29N3O3/c1-15-8-9-17(18(23)20-12-13-25-2)14-22(15)19(24)21-11-10-16-6-4-3-5-7-16/h3-7,15,17H,8-14H2,1-2H3,(H,20,23)(H,21,24). The molecule has 138 valence electrons. The maximum Gasteiger partial charge on any atom is 0.317 e. The van der Waals surface area contributed by atoms with Crippen molar-refractivity contribution in [1.82, 2.24) is 15.5 Å². The van der Waals surface area contributed by atoms with Crippen LogP contribution in [0.3, 0.4) is 0 Å². The molecule has 0 aliphatic carbocycles. The lowest BCUT2D eigenvalue weighted by molar-refractivity contribution is -0.126. The molecule has 3 amide bonds. The van der Waals surface area contributed by atoms with Gasteiger partial charge in [0.1, 0.15) is 0 Å². The SMILES string of the molecule is COCCNC(=O)C1CCC(C)N(C(=O)NCCc2ccccc2)C1. The van der Waals surface area contributed by atoms with Crippen molar-refractivity contribution in [3.8, 4) is 0 Å². The molecular weight excluding hydrogens is 318 g/mol. The van der Waals surface area contributed by atoms with Gasteiger partial charge in [0.2, 0.25) is 5.91 Å². The number of ether oxygens (including phenoxy) is 1. The summed E-state index contributed by atoms with van der Waals surface area (Å²) in [5.74, 6) is -0.140. The predicted octanol–water partition coefficient (Wildman–Crippen LogP) is 1.80. The van der Waals surface area contributed by atoms with Crippen molar-refractivity contribution >= 4 is 11.9 Å². The molecule has 2 atom stereocenters. The van der Waals surface area contributed by atoms with Crippen molar-refractivity contribution in [2.24, 2.45) is 5.92 Å². The van der Waals surface area contributed by atoms with Crippen LogP contribution < -0.4 is 10.6 Å². The first kappa shape index (κ1) is 19.2. The Morgan fingerprint density at radius 2 is 1.92 bits per heavy atom. The van der Waals surface area contributed by atoms with Crippen LogP contribution in [0, 0.1) is 5.92 Å². The average Bonchev–Trinajstić information content (AvgIpc) is 2.63. The van der Waals surface area contributed by atoms with E-state index in [-0.39, 0.29) is 23.9 Å². The zero-order valence-electron chi connectivity index (χ0n) is 15.2. The molecule has 6 heteroatoms. The van der Waals surface area contributed by atoms with Gasteiger partial charge in [0.25, 0.3) is 0 Å². The van der Waals surface area contributed by atoms with Gasteiger partial charge >= 0.3 is 6.03 Å². The number of carbonyl (C=O) groups is 2. The Balaban J connectivity index is 1.79. The highest BCUT2D eigenvalue weighted by Crippen LogP contribution is 2.22. The molecule has 1 aromatic rings. The summed E-state index contributed by atoms with van der Waals surface area (Å²) in [7, 11) is 1.61. The van der Waals surface area contributed by atoms with Crippen LogP contribution in [0.2, 0.25) is 0 Å². The van der Waals surface area contributed by atoms with E-state index in [1.807, 2.05) is 25.1 Å². The molecule has 6 nitrogen and oxygen atoms in total. The Kier molecular flexibility index (Phi) is 7.73. The van der Waals surface area contributed by atoms with Crippen molar-refractivity contribution in [2.45, 2.75) is 32.2 Å². The van der Waals surface area contributed by atoms with Crippen LogP contribution in [0.15, 0.2) is 30.3 Å². The van der Waals surface area contributed by atoms with Gasteiger partial charge in [-0.2, -0.15) is 0 Å². The Labute approximate surface area is 149 Å². The molecule has 25 heavy (non-hydrogen) atoms. The van der Waals surface area contributed by atoms with Crippen LogP contribution >= 0.6 is 0 Å². The van der Waals surface area contributed by atoms with E-state index in [1.54, 1.807) is 12.0 Å². The highest BCUT2D eigenvalue weighted by atomic mass is 16.5. The number of rotatable bonds is 7. The number of nitrogens with one attached hydrogen (secondary N) is 2. The van der Waals surface area contributed by atoms with Gasteiger partial charge in [-0.1, -0.05) is 30.3 Å². The normalized spacial score (nSPS) is 20.2. The highest BCUT2D eigenvalue weighted by Gasteiger charge is 2.32. The fourth-order valence-electron chi connectivity index (χ4n) is 3.08. The van der Waals surface area contributed by atoms with Crippen molar-refractivity contribution in [3.05, 3.63) is 35.9 Å². The summed E-state index contributed by atoms with van der Waals surface area (Å²) in [5, 5.41) is 5.85. The van der Waals surface area contributed by atoms with E-state index < -0.39 is 0 Å². The molecular formula is C19H29N3O3. The molecule has 1 saturated heterocycles. The summed E-state index contributed by atoms with van der Waals surface area (Å²) in [6, 6.07) is 10.1. The van der Waals surface area contributed by atoms with E-state index >= 15 is 0 Å². The maximum atomic E-state index is 12.5. The number of benzene rings is 1. The van der Waals surface area contributed by atoms with E-state index in [9.17, 15) is 9.59 Å². The van der Waals surface area contributed by atoms with Gasteiger partial charge in [-0.25, -0.2) is 4.79 Å². The van der Waals surface area contributed by atoms with Crippen LogP contribution in [0.1, 0.15) is 25.3 Å². The first-order valence-corrected chi connectivity index (χ1v) is 8.97. The Morgan fingerprint density at radius 1 is 1.16 bits per heavy atom. The number of carbonyl (C=O) groups excluding carboxylic acids is 2. The summed E-state index contributed by atoms with van der Waals surface area (Å²) in [6.45, 7) is 4.10. The summed E-state index contributed by atoms with van der Waals surface area (Å²) in [5.41, 5.74) is 1.20. The second-order valence-electron chi connectivity index (χ2n) is 6.53. The number of piperidine rings is 1. The maximum absolute atomic E-state index is 12.5. The number of nitrogens with zero attached hydrogens (tertiary/aromatic N) is 1. The Hall–Kier alpha value is -2.08. The predicted molar refractivity (Wildman–Crippen MR) is 97.3 cm³/mol. The first-order valence-electron chi connectivity index (χ1n) is 8.97. The van der Waals surface area contributed by atoms with Crippen molar-refractivity contribution in [2.75, 3.05) is 33.4 Å². The fourth-order valence-corrected chi connectivity index (χ4v) is 3.08. The van der Waals surface area contributed by atoms with Crippen molar-refractivity contribution in [3.63, 3.8) is 0 Å². The minimum absolute atomic E-state index is 0.00559. The van der Waals surface area contributed by atoms with E-state index in [4.69, 9.17) is 4.74 Å². The third-order valence-corrected chi connectivity index (χ3v) is 4.65. The largest absolute Gasteiger partial charge is 0.383 e. The monoisotopic (exact) mass is 347 g/mol. The number of urea groups is 1. The van der Waals surface area contributed by atoms with E-state index in [0.29, 0.717) is 26.2 Å². The van der Waals surface area contributed by atoms with Gasteiger partial charge in [0.15, 0.2) is 0 Å². The van der Waals surface area contributed by atoms with E-state index in [2.05, 4.69) is 22.8 Å². The molecule has 0 spiro atoms. The number of likely N-dealkylation sites (tertiary alicyclic amines) is 1. The molecule has 0 aromatic heterocycles. The molecule has 0 saturated carbocycles. The van der Waals surface area contributed by atoms with Gasteiger partial charge in [-0.05, 0) is 31.7 Å². The zero-order chi connectivity index (χ0) is 18.1. The molecule has 1 aliphatic rings. The van der Waals surface area contributed by atoms with Crippen molar-refractivity contribution < 1.29 is 14.3 Å². The Bertz CT molecular complexity index is 550. The lowest BCUT2D eigenvalue weighted by Gasteiger charge is -2.37. The molecule has 2 unspecified atom stereocenters. The molecule has 2 rings (SSSR count). The van der Waals surface area contributed by atoms with E-state index in [0.717, 1.165) is 19.3 Å². The van der Waals surface area contributed by atoms with Gasteiger partial charge < -0.3 is 20.3 Å². The van der Waals surface area contributed by atoms with Crippen LogP contribution in [-0.2, 0) is 16.0 Å². The topological polar surface area (TPSA) is 70.7 Å². The van der Waals surface area contributed by atoms with Gasteiger partial charge in [-0.15, -0.1) is 0 Å². The lowest BCUT2D eigenvalue weighted by Crippen LogP contribution is -2.53. The number of methoxy groups -OCH3 is 1. The summed E-state index contributed by atoms with van der Waals surface area (Å²) >= 11 is 0. The van der Waals surface area contributed by atoms with Gasteiger partial charge in [-0.3, -0.25) is 4.79 Å². The number of hydrogen-bond acceptors (Lipinski definition) is 3. The molecule has 0 bridgehead atoms. The fraction of sp³-hybridized carbons (Fsp3) is 0.579. The number of hydrogen-bond donors (Lipinski definition) is 2. The summed E-state index contributed by atoms with van der Waals surface area (Å²) < 4.78 is 4.95. The van der Waals surface area contributed by atoms with Crippen LogP contribution in [0.25, 0.3) is 0 Å². The first-order chi connectivity index (χ1) is 12.1. The van der Waals surface area contributed by atoms with Gasteiger partial charge in [0.05, 0.1) is 12.5 Å². The minimum Gasteiger partial charge on any atom is -0.383 e.